The van der Waals surface area contributed by atoms with Gasteiger partial charge in [0.05, 0.1) is 5.41 Å². The van der Waals surface area contributed by atoms with Crippen LogP contribution in [0.1, 0.15) is 53.7 Å². The minimum Gasteiger partial charge on any atom is -0.454 e. The van der Waals surface area contributed by atoms with E-state index in [1.807, 2.05) is 67.3 Å². The number of hydrogen-bond acceptors (Lipinski definition) is 4. The van der Waals surface area contributed by atoms with E-state index in [0.717, 1.165) is 52.2 Å². The van der Waals surface area contributed by atoms with Gasteiger partial charge in [0, 0.05) is 25.1 Å². The van der Waals surface area contributed by atoms with Gasteiger partial charge in [-0.3, -0.25) is 9.59 Å². The van der Waals surface area contributed by atoms with E-state index < -0.39 is 5.41 Å². The van der Waals surface area contributed by atoms with Gasteiger partial charge in [0.1, 0.15) is 5.78 Å². The second kappa shape index (κ2) is 9.21. The van der Waals surface area contributed by atoms with Crippen LogP contribution in [0.15, 0.2) is 60.7 Å². The fourth-order valence-corrected chi connectivity index (χ4v) is 4.98. The molecular formula is C30H31NO4. The molecule has 0 atom stereocenters. The van der Waals surface area contributed by atoms with Crippen LogP contribution >= 0.6 is 0 Å². The topological polar surface area (TPSA) is 55.8 Å². The van der Waals surface area contributed by atoms with Crippen LogP contribution in [0.2, 0.25) is 0 Å². The van der Waals surface area contributed by atoms with E-state index in [1.54, 1.807) is 0 Å². The van der Waals surface area contributed by atoms with Gasteiger partial charge in [0.2, 0.25) is 6.79 Å². The predicted octanol–water partition coefficient (Wildman–Crippen LogP) is 5.72. The number of carbonyl (C=O) groups is 2. The minimum atomic E-state index is -0.418. The molecule has 1 fully saturated rings. The summed E-state index contributed by atoms with van der Waals surface area (Å²) >= 11 is 0. The van der Waals surface area contributed by atoms with Crippen molar-refractivity contribution in [3.8, 4) is 22.6 Å². The highest BCUT2D eigenvalue weighted by Gasteiger charge is 2.50. The van der Waals surface area contributed by atoms with Gasteiger partial charge in [-0.15, -0.1) is 0 Å². The second-order valence-corrected chi connectivity index (χ2v) is 9.45. The Bertz CT molecular complexity index is 1270. The molecule has 5 nitrogen and oxygen atoms in total. The SMILES string of the molecule is CCN(CC)C(=O)c1ccc(-c2cc(CC(=O)C3(c4ccc5c(c4)OCO5)CC3)ccc2C)cc1. The third kappa shape index (κ3) is 4.31. The Morgan fingerprint density at radius 1 is 0.886 bits per heavy atom. The van der Waals surface area contributed by atoms with Crippen LogP contribution in [0.4, 0.5) is 0 Å². The Labute approximate surface area is 206 Å². The van der Waals surface area contributed by atoms with Crippen LogP contribution in [-0.4, -0.2) is 36.5 Å². The maximum absolute atomic E-state index is 13.5. The van der Waals surface area contributed by atoms with Gasteiger partial charge in [-0.1, -0.05) is 36.4 Å². The zero-order chi connectivity index (χ0) is 24.6. The number of nitrogens with zero attached hydrogens (tertiary/aromatic N) is 1. The van der Waals surface area contributed by atoms with Crippen LogP contribution < -0.4 is 9.47 Å². The van der Waals surface area contributed by atoms with E-state index >= 15 is 0 Å². The number of hydrogen-bond donors (Lipinski definition) is 0. The molecule has 2 aliphatic rings. The monoisotopic (exact) mass is 469 g/mol. The molecule has 0 bridgehead atoms. The number of Topliss-reactive ketones (excluding diaryl/α,β-unsaturated/α-hetero) is 1. The lowest BCUT2D eigenvalue weighted by molar-refractivity contribution is -0.120. The lowest BCUT2D eigenvalue weighted by Crippen LogP contribution is -2.30. The first-order valence-electron chi connectivity index (χ1n) is 12.4. The van der Waals surface area contributed by atoms with Crippen molar-refractivity contribution < 1.29 is 19.1 Å². The maximum Gasteiger partial charge on any atom is 0.253 e. The van der Waals surface area contributed by atoms with E-state index in [4.69, 9.17) is 9.47 Å². The Kier molecular flexibility index (Phi) is 6.10. The molecule has 0 saturated heterocycles. The van der Waals surface area contributed by atoms with E-state index in [2.05, 4.69) is 19.1 Å². The molecule has 1 aliphatic carbocycles. The first kappa shape index (κ1) is 23.2. The van der Waals surface area contributed by atoms with Crippen molar-refractivity contribution in [1.29, 1.82) is 0 Å². The van der Waals surface area contributed by atoms with E-state index in [0.29, 0.717) is 25.1 Å². The largest absolute Gasteiger partial charge is 0.454 e. The molecule has 0 unspecified atom stereocenters. The summed E-state index contributed by atoms with van der Waals surface area (Å²) in [6.45, 7) is 7.68. The average molecular weight is 470 g/mol. The fourth-order valence-electron chi connectivity index (χ4n) is 4.98. The van der Waals surface area contributed by atoms with Crippen molar-refractivity contribution in [2.45, 2.75) is 45.4 Å². The molecule has 1 amide bonds. The van der Waals surface area contributed by atoms with Crippen molar-refractivity contribution in [3.05, 3.63) is 82.9 Å². The third-order valence-corrected chi connectivity index (χ3v) is 7.37. The van der Waals surface area contributed by atoms with E-state index in [1.165, 1.54) is 0 Å². The maximum atomic E-state index is 13.5. The summed E-state index contributed by atoms with van der Waals surface area (Å²) in [5.74, 6) is 1.76. The molecule has 5 rings (SSSR count). The molecule has 1 saturated carbocycles. The molecule has 3 aromatic carbocycles. The lowest BCUT2D eigenvalue weighted by Gasteiger charge is -2.19. The summed E-state index contributed by atoms with van der Waals surface area (Å²) in [7, 11) is 0. The first-order valence-corrected chi connectivity index (χ1v) is 12.4. The third-order valence-electron chi connectivity index (χ3n) is 7.37. The van der Waals surface area contributed by atoms with Crippen molar-refractivity contribution >= 4 is 11.7 Å². The zero-order valence-corrected chi connectivity index (χ0v) is 20.6. The predicted molar refractivity (Wildman–Crippen MR) is 136 cm³/mol. The highest BCUT2D eigenvalue weighted by Crippen LogP contribution is 2.51. The quantitative estimate of drug-likeness (QED) is 0.424. The lowest BCUT2D eigenvalue weighted by atomic mass is 9.87. The number of carbonyl (C=O) groups excluding carboxylic acids is 2. The summed E-state index contributed by atoms with van der Waals surface area (Å²) < 4.78 is 11.0. The molecule has 0 radical (unpaired) electrons. The summed E-state index contributed by atoms with van der Waals surface area (Å²) in [6, 6.07) is 19.9. The standard InChI is InChI=1S/C30H31NO4/c1-4-31(5-2)29(33)23-10-8-22(9-11-23)25-16-21(7-6-20(25)3)17-28(32)30(14-15-30)24-12-13-26-27(18-24)35-19-34-26/h6-13,16,18H,4-5,14-15,17,19H2,1-3H3. The van der Waals surface area contributed by atoms with Crippen LogP contribution in [0.3, 0.4) is 0 Å². The number of ketones is 1. The number of amides is 1. The van der Waals surface area contributed by atoms with Crippen LogP contribution in [0.25, 0.3) is 11.1 Å². The number of fused-ring (bicyclic) bond motifs is 1. The van der Waals surface area contributed by atoms with E-state index in [9.17, 15) is 9.59 Å². The van der Waals surface area contributed by atoms with Gasteiger partial charge in [-0.2, -0.15) is 0 Å². The number of benzene rings is 3. The Hall–Kier alpha value is -3.60. The average Bonchev–Trinajstić information content (AvgIpc) is 3.56. The van der Waals surface area contributed by atoms with Gasteiger partial charge in [0.15, 0.2) is 11.5 Å². The Morgan fingerprint density at radius 3 is 2.29 bits per heavy atom. The molecule has 5 heteroatoms. The number of rotatable bonds is 8. The molecule has 0 spiro atoms. The van der Waals surface area contributed by atoms with Crippen molar-refractivity contribution in [2.75, 3.05) is 19.9 Å². The van der Waals surface area contributed by atoms with Crippen molar-refractivity contribution in [1.82, 2.24) is 4.90 Å². The Balaban J connectivity index is 1.35. The van der Waals surface area contributed by atoms with Gasteiger partial charge < -0.3 is 14.4 Å². The van der Waals surface area contributed by atoms with Crippen molar-refractivity contribution in [2.24, 2.45) is 0 Å². The van der Waals surface area contributed by atoms with Gasteiger partial charge in [-0.05, 0) is 85.7 Å². The van der Waals surface area contributed by atoms with Crippen molar-refractivity contribution in [3.63, 3.8) is 0 Å². The van der Waals surface area contributed by atoms with Crippen LogP contribution in [0.5, 0.6) is 11.5 Å². The molecule has 180 valence electrons. The molecule has 0 N–H and O–H groups in total. The van der Waals surface area contributed by atoms with Crippen LogP contribution in [0, 0.1) is 6.92 Å². The first-order chi connectivity index (χ1) is 16.9. The van der Waals surface area contributed by atoms with Gasteiger partial charge in [0.25, 0.3) is 5.91 Å². The molecule has 3 aromatic rings. The molecular weight excluding hydrogens is 438 g/mol. The summed E-state index contributed by atoms with van der Waals surface area (Å²) in [4.78, 5) is 27.9. The smallest absolute Gasteiger partial charge is 0.253 e. The summed E-state index contributed by atoms with van der Waals surface area (Å²) in [5, 5.41) is 0. The van der Waals surface area contributed by atoms with Gasteiger partial charge >= 0.3 is 0 Å². The normalized spacial score (nSPS) is 15.1. The molecule has 0 aromatic heterocycles. The number of ether oxygens (including phenoxy) is 2. The fraction of sp³-hybridized carbons (Fsp3) is 0.333. The second-order valence-electron chi connectivity index (χ2n) is 9.45. The van der Waals surface area contributed by atoms with E-state index in [-0.39, 0.29) is 18.5 Å². The number of aryl methyl sites for hydroxylation is 1. The Morgan fingerprint density at radius 2 is 1.60 bits per heavy atom. The molecule has 1 aliphatic heterocycles. The zero-order valence-electron chi connectivity index (χ0n) is 20.6. The molecule has 1 heterocycles. The summed E-state index contributed by atoms with van der Waals surface area (Å²) in [5.41, 5.74) is 5.58. The molecule has 35 heavy (non-hydrogen) atoms. The van der Waals surface area contributed by atoms with Crippen LogP contribution in [-0.2, 0) is 16.6 Å². The minimum absolute atomic E-state index is 0.0517. The highest BCUT2D eigenvalue weighted by molar-refractivity contribution is 5.96. The van der Waals surface area contributed by atoms with Gasteiger partial charge in [-0.25, -0.2) is 0 Å². The highest BCUT2D eigenvalue weighted by atomic mass is 16.7. The summed E-state index contributed by atoms with van der Waals surface area (Å²) in [6.07, 6.45) is 2.12.